The van der Waals surface area contributed by atoms with Gasteiger partial charge in [0.2, 0.25) is 0 Å². The summed E-state index contributed by atoms with van der Waals surface area (Å²) in [5.74, 6) is -1.56. The van der Waals surface area contributed by atoms with Crippen molar-refractivity contribution >= 4 is 23.2 Å². The standard InChI is InChI=1S/C15H16N2O4S/c1-9-13(22-11(16-9)8-21-2)14(18)17-12(15(19)20)10-6-4-3-5-7-10/h3-7,12H,8H2,1-2H3,(H,17,18)(H,19,20)/t12-/m0/s1. The van der Waals surface area contributed by atoms with Gasteiger partial charge in [-0.15, -0.1) is 11.3 Å². The van der Waals surface area contributed by atoms with Crippen molar-refractivity contribution in [3.8, 4) is 0 Å². The number of aryl methyl sites for hydroxylation is 1. The molecule has 22 heavy (non-hydrogen) atoms. The molecule has 0 fully saturated rings. The minimum Gasteiger partial charge on any atom is -0.479 e. The summed E-state index contributed by atoms with van der Waals surface area (Å²) in [6.07, 6.45) is 0. The lowest BCUT2D eigenvalue weighted by Gasteiger charge is -2.14. The number of hydrogen-bond acceptors (Lipinski definition) is 5. The maximum Gasteiger partial charge on any atom is 0.330 e. The molecule has 0 saturated carbocycles. The molecule has 0 radical (unpaired) electrons. The van der Waals surface area contributed by atoms with Crippen molar-refractivity contribution in [2.24, 2.45) is 0 Å². The number of carbonyl (C=O) groups excluding carboxylic acids is 1. The van der Waals surface area contributed by atoms with Gasteiger partial charge in [0.15, 0.2) is 6.04 Å². The van der Waals surface area contributed by atoms with E-state index in [-0.39, 0.29) is 0 Å². The minimum absolute atomic E-state index is 0.319. The van der Waals surface area contributed by atoms with Gasteiger partial charge in [-0.3, -0.25) is 4.79 Å². The molecule has 6 nitrogen and oxygen atoms in total. The summed E-state index contributed by atoms with van der Waals surface area (Å²) in [5.41, 5.74) is 1.08. The molecule has 0 bridgehead atoms. The molecule has 7 heteroatoms. The highest BCUT2D eigenvalue weighted by Crippen LogP contribution is 2.20. The molecule has 1 heterocycles. The van der Waals surface area contributed by atoms with Crippen LogP contribution in [0.25, 0.3) is 0 Å². The summed E-state index contributed by atoms with van der Waals surface area (Å²) < 4.78 is 4.99. The SMILES string of the molecule is COCc1nc(C)c(C(=O)N[C@H](C(=O)O)c2ccccc2)s1. The Bertz CT molecular complexity index is 669. The van der Waals surface area contributed by atoms with Crippen molar-refractivity contribution in [2.45, 2.75) is 19.6 Å². The third kappa shape index (κ3) is 3.69. The third-order valence-corrected chi connectivity index (χ3v) is 4.10. The van der Waals surface area contributed by atoms with Crippen LogP contribution >= 0.6 is 11.3 Å². The lowest BCUT2D eigenvalue weighted by atomic mass is 10.1. The van der Waals surface area contributed by atoms with E-state index in [9.17, 15) is 14.7 Å². The van der Waals surface area contributed by atoms with Gasteiger partial charge in [0.05, 0.1) is 12.3 Å². The number of carbonyl (C=O) groups is 2. The Morgan fingerprint density at radius 3 is 2.64 bits per heavy atom. The fourth-order valence-corrected chi connectivity index (χ4v) is 2.92. The van der Waals surface area contributed by atoms with Crippen LogP contribution in [0.15, 0.2) is 30.3 Å². The van der Waals surface area contributed by atoms with Gasteiger partial charge in [-0.1, -0.05) is 30.3 Å². The van der Waals surface area contributed by atoms with Crippen LogP contribution in [0.3, 0.4) is 0 Å². The van der Waals surface area contributed by atoms with E-state index >= 15 is 0 Å². The molecule has 0 aliphatic carbocycles. The summed E-state index contributed by atoms with van der Waals surface area (Å²) in [6, 6.07) is 7.47. The monoisotopic (exact) mass is 320 g/mol. The summed E-state index contributed by atoms with van der Waals surface area (Å²) in [7, 11) is 1.55. The van der Waals surface area contributed by atoms with Crippen molar-refractivity contribution in [3.05, 3.63) is 51.5 Å². The molecule has 0 unspecified atom stereocenters. The number of benzene rings is 1. The van der Waals surface area contributed by atoms with Gasteiger partial charge in [0.1, 0.15) is 9.88 Å². The number of rotatable bonds is 6. The molecular formula is C15H16N2O4S. The number of thiazole rings is 1. The number of aromatic nitrogens is 1. The maximum absolute atomic E-state index is 12.3. The lowest BCUT2D eigenvalue weighted by Crippen LogP contribution is -2.33. The van der Waals surface area contributed by atoms with E-state index in [1.165, 1.54) is 11.3 Å². The minimum atomic E-state index is -1.11. The maximum atomic E-state index is 12.3. The number of nitrogens with one attached hydrogen (secondary N) is 1. The average Bonchev–Trinajstić information content (AvgIpc) is 2.86. The fourth-order valence-electron chi connectivity index (χ4n) is 1.98. The summed E-state index contributed by atoms with van der Waals surface area (Å²) >= 11 is 1.20. The first kappa shape index (κ1) is 16.1. The van der Waals surface area contributed by atoms with Crippen LogP contribution in [-0.2, 0) is 16.1 Å². The summed E-state index contributed by atoms with van der Waals surface area (Å²) in [4.78, 5) is 28.4. The Kier molecular flexibility index (Phi) is 5.24. The van der Waals surface area contributed by atoms with E-state index in [0.29, 0.717) is 27.7 Å². The normalized spacial score (nSPS) is 11.9. The Morgan fingerprint density at radius 1 is 1.36 bits per heavy atom. The van der Waals surface area contributed by atoms with Crippen LogP contribution in [0.4, 0.5) is 0 Å². The highest BCUT2D eigenvalue weighted by Gasteiger charge is 2.24. The number of aliphatic carboxylic acids is 1. The van der Waals surface area contributed by atoms with E-state index in [0.717, 1.165) is 0 Å². The zero-order valence-electron chi connectivity index (χ0n) is 12.2. The van der Waals surface area contributed by atoms with Gasteiger partial charge in [-0.2, -0.15) is 0 Å². The van der Waals surface area contributed by atoms with Crippen molar-refractivity contribution < 1.29 is 19.4 Å². The van der Waals surface area contributed by atoms with Crippen LogP contribution < -0.4 is 5.32 Å². The number of hydrogen-bond donors (Lipinski definition) is 2. The summed E-state index contributed by atoms with van der Waals surface area (Å²) in [6.45, 7) is 2.03. The van der Waals surface area contributed by atoms with Gasteiger partial charge in [0.25, 0.3) is 5.91 Å². The number of nitrogens with zero attached hydrogens (tertiary/aromatic N) is 1. The lowest BCUT2D eigenvalue weighted by molar-refractivity contribution is -0.139. The molecule has 2 aromatic rings. The third-order valence-electron chi connectivity index (χ3n) is 2.97. The van der Waals surface area contributed by atoms with Crippen LogP contribution in [0.2, 0.25) is 0 Å². The van der Waals surface area contributed by atoms with Crippen LogP contribution in [0.1, 0.15) is 32.0 Å². The van der Waals surface area contributed by atoms with Crippen molar-refractivity contribution in [3.63, 3.8) is 0 Å². The number of carboxylic acid groups (broad SMARTS) is 1. The molecule has 1 aromatic carbocycles. The van der Waals surface area contributed by atoms with Crippen molar-refractivity contribution in [2.75, 3.05) is 7.11 Å². The van der Waals surface area contributed by atoms with Gasteiger partial charge in [0, 0.05) is 7.11 Å². The van der Waals surface area contributed by atoms with Crippen LogP contribution in [0.5, 0.6) is 0 Å². The molecule has 0 saturated heterocycles. The zero-order valence-corrected chi connectivity index (χ0v) is 13.0. The second-order valence-electron chi connectivity index (χ2n) is 4.61. The van der Waals surface area contributed by atoms with Gasteiger partial charge < -0.3 is 15.2 Å². The highest BCUT2D eigenvalue weighted by atomic mass is 32.1. The zero-order chi connectivity index (χ0) is 16.1. The Morgan fingerprint density at radius 2 is 2.05 bits per heavy atom. The second-order valence-corrected chi connectivity index (χ2v) is 5.69. The summed E-state index contributed by atoms with van der Waals surface area (Å²) in [5, 5.41) is 12.5. The molecule has 0 spiro atoms. The van der Waals surface area contributed by atoms with Crippen molar-refractivity contribution in [1.29, 1.82) is 0 Å². The first-order valence-corrected chi connectivity index (χ1v) is 7.38. The molecule has 0 aliphatic heterocycles. The quantitative estimate of drug-likeness (QED) is 0.851. The Balaban J connectivity index is 2.20. The van der Waals surface area contributed by atoms with E-state index in [4.69, 9.17) is 4.74 Å². The van der Waals surface area contributed by atoms with E-state index < -0.39 is 17.9 Å². The molecule has 1 aromatic heterocycles. The molecule has 1 amide bonds. The predicted octanol–water partition coefficient (Wildman–Crippen LogP) is 2.15. The predicted molar refractivity (Wildman–Crippen MR) is 81.8 cm³/mol. The topological polar surface area (TPSA) is 88.5 Å². The number of carboxylic acids is 1. The molecule has 1 atom stereocenters. The van der Waals surface area contributed by atoms with Gasteiger partial charge in [-0.25, -0.2) is 9.78 Å². The molecule has 0 aliphatic rings. The molecule has 2 N–H and O–H groups in total. The van der Waals surface area contributed by atoms with E-state index in [2.05, 4.69) is 10.3 Å². The highest BCUT2D eigenvalue weighted by molar-refractivity contribution is 7.13. The molecule has 2 rings (SSSR count). The Hall–Kier alpha value is -2.25. The first-order valence-electron chi connectivity index (χ1n) is 6.56. The first-order chi connectivity index (χ1) is 10.5. The molecule has 116 valence electrons. The largest absolute Gasteiger partial charge is 0.479 e. The van der Waals surface area contributed by atoms with Crippen LogP contribution in [-0.4, -0.2) is 29.1 Å². The van der Waals surface area contributed by atoms with Gasteiger partial charge in [-0.05, 0) is 12.5 Å². The van der Waals surface area contributed by atoms with Crippen molar-refractivity contribution in [1.82, 2.24) is 10.3 Å². The second kappa shape index (κ2) is 7.15. The molecular weight excluding hydrogens is 304 g/mol. The smallest absolute Gasteiger partial charge is 0.330 e. The van der Waals surface area contributed by atoms with Crippen LogP contribution in [0, 0.1) is 6.92 Å². The average molecular weight is 320 g/mol. The number of amides is 1. The Labute approximate surface area is 131 Å². The van der Waals surface area contributed by atoms with Gasteiger partial charge >= 0.3 is 5.97 Å². The number of methoxy groups -OCH3 is 1. The number of ether oxygens (including phenoxy) is 1. The van der Waals surface area contributed by atoms with E-state index in [1.807, 2.05) is 0 Å². The fraction of sp³-hybridized carbons (Fsp3) is 0.267. The van der Waals surface area contributed by atoms with E-state index in [1.54, 1.807) is 44.4 Å².